The maximum Gasteiger partial charge on any atom is 0.262 e. The number of benzene rings is 1. The zero-order valence-electron chi connectivity index (χ0n) is 22.2. The van der Waals surface area contributed by atoms with Crippen molar-refractivity contribution in [3.63, 3.8) is 0 Å². The van der Waals surface area contributed by atoms with E-state index >= 15 is 0 Å². The van der Waals surface area contributed by atoms with Crippen molar-refractivity contribution in [2.24, 2.45) is 11.8 Å². The van der Waals surface area contributed by atoms with E-state index in [4.69, 9.17) is 0 Å². The molecule has 1 unspecified atom stereocenters. The summed E-state index contributed by atoms with van der Waals surface area (Å²) in [5.41, 5.74) is 1.63. The first-order valence-electron chi connectivity index (χ1n) is 14.1. The van der Waals surface area contributed by atoms with E-state index in [2.05, 4.69) is 32.3 Å². The average molecular weight is 523 g/mol. The number of hydrogen-bond donors (Lipinski definition) is 2. The number of imide groups is 2. The topological polar surface area (TPSA) is 105 Å². The van der Waals surface area contributed by atoms with Crippen molar-refractivity contribution in [3.05, 3.63) is 29.3 Å². The minimum absolute atomic E-state index is 0.122. The van der Waals surface area contributed by atoms with Gasteiger partial charge in [0.1, 0.15) is 6.04 Å². The largest absolute Gasteiger partial charge is 0.371 e. The van der Waals surface area contributed by atoms with Gasteiger partial charge in [0.2, 0.25) is 11.8 Å². The standard InChI is InChI=1S/C28H38N6O4/c1-18-13-29-8-11-33(18)17-20-15-31(16-20)14-19-6-9-32(10-7-19)21-2-3-22-23(12-21)28(38)34(27(22)37)24-4-5-25(35)30-26(24)36/h2-3,12,18-20,24,29H,4-11,13-17H2,1H3,(H,30,35,36)/t18-,24?/m0/s1. The third-order valence-corrected chi connectivity index (χ3v) is 9.08. The minimum atomic E-state index is -0.930. The molecule has 204 valence electrons. The Morgan fingerprint density at radius 2 is 1.66 bits per heavy atom. The third-order valence-electron chi connectivity index (χ3n) is 9.08. The second kappa shape index (κ2) is 10.4. The van der Waals surface area contributed by atoms with Gasteiger partial charge in [0.05, 0.1) is 11.1 Å². The van der Waals surface area contributed by atoms with Crippen molar-refractivity contribution in [2.45, 2.75) is 44.7 Å². The van der Waals surface area contributed by atoms with Crippen LogP contribution < -0.4 is 15.5 Å². The number of amides is 4. The maximum absolute atomic E-state index is 13.2. The molecule has 6 rings (SSSR count). The summed E-state index contributed by atoms with van der Waals surface area (Å²) in [6.45, 7) is 12.3. The van der Waals surface area contributed by atoms with Crippen LogP contribution in [0.15, 0.2) is 18.2 Å². The van der Waals surface area contributed by atoms with Crippen LogP contribution in [0.3, 0.4) is 0 Å². The predicted octanol–water partition coefficient (Wildman–Crippen LogP) is 0.530. The zero-order chi connectivity index (χ0) is 26.4. The summed E-state index contributed by atoms with van der Waals surface area (Å²) in [5.74, 6) is -0.368. The number of likely N-dealkylation sites (tertiary alicyclic amines) is 1. The molecule has 5 aliphatic heterocycles. The highest BCUT2D eigenvalue weighted by Gasteiger charge is 2.45. The molecular formula is C28H38N6O4. The van der Waals surface area contributed by atoms with Crippen molar-refractivity contribution in [1.29, 1.82) is 0 Å². The molecule has 0 radical (unpaired) electrons. The molecule has 0 bridgehead atoms. The summed E-state index contributed by atoms with van der Waals surface area (Å²) in [4.78, 5) is 58.5. The molecule has 2 atom stereocenters. The fourth-order valence-electron chi connectivity index (χ4n) is 6.82. The predicted molar refractivity (Wildman–Crippen MR) is 142 cm³/mol. The van der Waals surface area contributed by atoms with Gasteiger partial charge in [-0.2, -0.15) is 0 Å². The van der Waals surface area contributed by atoms with Gasteiger partial charge < -0.3 is 15.1 Å². The van der Waals surface area contributed by atoms with Crippen LogP contribution in [0.4, 0.5) is 5.69 Å². The lowest BCUT2D eigenvalue weighted by Gasteiger charge is -2.46. The highest BCUT2D eigenvalue weighted by Crippen LogP contribution is 2.32. The molecule has 0 aromatic heterocycles. The van der Waals surface area contributed by atoms with Crippen molar-refractivity contribution in [2.75, 3.05) is 63.8 Å². The zero-order valence-corrected chi connectivity index (χ0v) is 22.2. The number of carbonyl (C=O) groups excluding carboxylic acids is 4. The molecule has 10 nitrogen and oxygen atoms in total. The van der Waals surface area contributed by atoms with Gasteiger partial charge in [-0.05, 0) is 56.2 Å². The summed E-state index contributed by atoms with van der Waals surface area (Å²) in [5, 5.41) is 5.72. The second-order valence-electron chi connectivity index (χ2n) is 11.7. The van der Waals surface area contributed by atoms with E-state index in [0.29, 0.717) is 23.1 Å². The second-order valence-corrected chi connectivity index (χ2v) is 11.7. The lowest BCUT2D eigenvalue weighted by atomic mass is 9.91. The molecule has 10 heteroatoms. The van der Waals surface area contributed by atoms with Gasteiger partial charge in [0.15, 0.2) is 0 Å². The molecule has 38 heavy (non-hydrogen) atoms. The first-order valence-corrected chi connectivity index (χ1v) is 14.1. The van der Waals surface area contributed by atoms with Gasteiger partial charge in [0, 0.05) is 77.1 Å². The smallest absolute Gasteiger partial charge is 0.262 e. The van der Waals surface area contributed by atoms with Gasteiger partial charge in [-0.1, -0.05) is 0 Å². The highest BCUT2D eigenvalue weighted by atomic mass is 16.2. The lowest BCUT2D eigenvalue weighted by Crippen LogP contribution is -2.57. The van der Waals surface area contributed by atoms with Crippen LogP contribution in [0.25, 0.3) is 0 Å². The summed E-state index contributed by atoms with van der Waals surface area (Å²) in [6.07, 6.45) is 2.52. The van der Waals surface area contributed by atoms with Gasteiger partial charge in [0.25, 0.3) is 11.8 Å². The van der Waals surface area contributed by atoms with Gasteiger partial charge >= 0.3 is 0 Å². The van der Waals surface area contributed by atoms with E-state index in [1.54, 1.807) is 12.1 Å². The van der Waals surface area contributed by atoms with E-state index in [1.165, 1.54) is 26.2 Å². The Kier molecular flexibility index (Phi) is 6.96. The minimum Gasteiger partial charge on any atom is -0.371 e. The average Bonchev–Trinajstić information content (AvgIpc) is 3.13. The van der Waals surface area contributed by atoms with Crippen molar-refractivity contribution >= 4 is 29.3 Å². The Labute approximate surface area is 223 Å². The Bertz CT molecular complexity index is 1130. The van der Waals surface area contributed by atoms with Crippen LogP contribution >= 0.6 is 0 Å². The van der Waals surface area contributed by atoms with Gasteiger partial charge in [-0.25, -0.2) is 0 Å². The maximum atomic E-state index is 13.2. The van der Waals surface area contributed by atoms with E-state index < -0.39 is 23.8 Å². The Morgan fingerprint density at radius 1 is 0.895 bits per heavy atom. The number of carbonyl (C=O) groups is 4. The van der Waals surface area contributed by atoms with Gasteiger partial charge in [-0.15, -0.1) is 0 Å². The number of rotatable bonds is 6. The molecule has 4 fully saturated rings. The summed E-state index contributed by atoms with van der Waals surface area (Å²) in [7, 11) is 0. The van der Waals surface area contributed by atoms with Crippen LogP contribution in [-0.2, 0) is 9.59 Å². The molecule has 0 aliphatic carbocycles. The first-order chi connectivity index (χ1) is 18.4. The van der Waals surface area contributed by atoms with Crippen LogP contribution in [-0.4, -0.2) is 109 Å². The molecule has 0 saturated carbocycles. The fourth-order valence-corrected chi connectivity index (χ4v) is 6.82. The van der Waals surface area contributed by atoms with E-state index in [-0.39, 0.29) is 18.7 Å². The molecule has 4 saturated heterocycles. The third kappa shape index (κ3) is 4.85. The van der Waals surface area contributed by atoms with Crippen LogP contribution in [0, 0.1) is 11.8 Å². The number of nitrogens with zero attached hydrogens (tertiary/aromatic N) is 4. The molecule has 0 spiro atoms. The summed E-state index contributed by atoms with van der Waals surface area (Å²) in [6, 6.07) is 5.13. The molecule has 4 amide bonds. The normalized spacial score (nSPS) is 28.0. The lowest BCUT2D eigenvalue weighted by molar-refractivity contribution is -0.136. The molecular weight excluding hydrogens is 484 g/mol. The van der Waals surface area contributed by atoms with Gasteiger partial charge in [-0.3, -0.25) is 34.3 Å². The summed E-state index contributed by atoms with van der Waals surface area (Å²) < 4.78 is 0. The van der Waals surface area contributed by atoms with E-state index in [1.807, 2.05) is 6.07 Å². The fraction of sp³-hybridized carbons (Fsp3) is 0.643. The molecule has 1 aromatic carbocycles. The van der Waals surface area contributed by atoms with Crippen molar-refractivity contribution < 1.29 is 19.2 Å². The van der Waals surface area contributed by atoms with Crippen molar-refractivity contribution in [1.82, 2.24) is 25.3 Å². The number of hydrogen-bond acceptors (Lipinski definition) is 8. The Morgan fingerprint density at radius 3 is 2.39 bits per heavy atom. The van der Waals surface area contributed by atoms with E-state index in [0.717, 1.165) is 62.1 Å². The molecule has 2 N–H and O–H groups in total. The molecule has 5 heterocycles. The van der Waals surface area contributed by atoms with Crippen LogP contribution in [0.5, 0.6) is 0 Å². The first kappa shape index (κ1) is 25.5. The Balaban J connectivity index is 1.00. The molecule has 5 aliphatic rings. The SMILES string of the molecule is C[C@H]1CNCCN1CC1CN(CC2CCN(c3ccc4c(c3)C(=O)N(C3CCC(=O)NC3=O)C4=O)CC2)C1. The monoisotopic (exact) mass is 522 g/mol. The van der Waals surface area contributed by atoms with Crippen LogP contribution in [0.2, 0.25) is 0 Å². The summed E-state index contributed by atoms with van der Waals surface area (Å²) >= 11 is 0. The number of piperidine rings is 2. The number of nitrogens with one attached hydrogen (secondary N) is 2. The highest BCUT2D eigenvalue weighted by molar-refractivity contribution is 6.23. The van der Waals surface area contributed by atoms with Crippen LogP contribution in [0.1, 0.15) is 53.3 Å². The quantitative estimate of drug-likeness (QED) is 0.522. The Hall–Kier alpha value is -2.82. The number of fused-ring (bicyclic) bond motifs is 1. The number of anilines is 1. The van der Waals surface area contributed by atoms with E-state index in [9.17, 15) is 19.2 Å². The van der Waals surface area contributed by atoms with Crippen molar-refractivity contribution in [3.8, 4) is 0 Å². The molecule has 1 aromatic rings. The number of piperazine rings is 1.